The SMILES string of the molecule is COc1ccc(CNc2nc3cc(CO)ccc3cc2Cl)c(OC)c1. The van der Waals surface area contributed by atoms with Crippen LogP contribution in [0.1, 0.15) is 11.1 Å². The Kier molecular flexibility index (Phi) is 5.26. The standard InChI is InChI=1S/C19H19ClN2O3/c1-24-15-6-5-14(18(9-15)25-2)10-21-19-16(20)8-13-4-3-12(11-23)7-17(13)22-19/h3-9,23H,10-11H2,1-2H3,(H,21,22). The summed E-state index contributed by atoms with van der Waals surface area (Å²) < 4.78 is 10.6. The first-order chi connectivity index (χ1) is 12.1. The molecule has 0 spiro atoms. The Morgan fingerprint density at radius 1 is 1.08 bits per heavy atom. The van der Waals surface area contributed by atoms with Crippen molar-refractivity contribution in [2.45, 2.75) is 13.2 Å². The molecule has 1 aromatic heterocycles. The fourth-order valence-electron chi connectivity index (χ4n) is 2.59. The summed E-state index contributed by atoms with van der Waals surface area (Å²) in [6.07, 6.45) is 0. The summed E-state index contributed by atoms with van der Waals surface area (Å²) in [5.41, 5.74) is 2.55. The molecule has 0 atom stereocenters. The van der Waals surface area contributed by atoms with Gasteiger partial charge in [0.1, 0.15) is 17.3 Å². The second kappa shape index (κ2) is 7.59. The summed E-state index contributed by atoms with van der Waals surface area (Å²) >= 11 is 6.34. The third kappa shape index (κ3) is 3.78. The van der Waals surface area contributed by atoms with Crippen molar-refractivity contribution >= 4 is 28.3 Å². The summed E-state index contributed by atoms with van der Waals surface area (Å²) in [4.78, 5) is 4.57. The Morgan fingerprint density at radius 3 is 2.64 bits per heavy atom. The topological polar surface area (TPSA) is 63.6 Å². The van der Waals surface area contributed by atoms with Gasteiger partial charge < -0.3 is 19.9 Å². The number of pyridine rings is 1. The van der Waals surface area contributed by atoms with Crippen molar-refractivity contribution in [1.29, 1.82) is 0 Å². The largest absolute Gasteiger partial charge is 0.497 e. The molecule has 0 bridgehead atoms. The number of methoxy groups -OCH3 is 2. The zero-order valence-electron chi connectivity index (χ0n) is 14.0. The number of fused-ring (bicyclic) bond motifs is 1. The minimum absolute atomic E-state index is 0.0218. The van der Waals surface area contributed by atoms with Gasteiger partial charge in [0.15, 0.2) is 0 Å². The summed E-state index contributed by atoms with van der Waals surface area (Å²) in [5.74, 6) is 2.05. The van der Waals surface area contributed by atoms with E-state index in [1.165, 1.54) is 0 Å². The van der Waals surface area contributed by atoms with Gasteiger partial charge in [-0.3, -0.25) is 0 Å². The maximum absolute atomic E-state index is 9.28. The molecule has 130 valence electrons. The van der Waals surface area contributed by atoms with Gasteiger partial charge in [0.05, 0.1) is 31.4 Å². The van der Waals surface area contributed by atoms with E-state index in [2.05, 4.69) is 10.3 Å². The number of aliphatic hydroxyl groups is 1. The highest BCUT2D eigenvalue weighted by atomic mass is 35.5. The third-order valence-corrected chi connectivity index (χ3v) is 4.25. The van der Waals surface area contributed by atoms with E-state index < -0.39 is 0 Å². The molecule has 0 aliphatic carbocycles. The number of hydrogen-bond donors (Lipinski definition) is 2. The molecule has 0 saturated heterocycles. The summed E-state index contributed by atoms with van der Waals surface area (Å²) in [5, 5.41) is 14.0. The van der Waals surface area contributed by atoms with Gasteiger partial charge in [0.25, 0.3) is 0 Å². The number of benzene rings is 2. The second-order valence-corrected chi connectivity index (χ2v) is 5.94. The molecule has 3 rings (SSSR count). The van der Waals surface area contributed by atoms with Crippen LogP contribution in [0.25, 0.3) is 10.9 Å². The molecule has 6 heteroatoms. The zero-order valence-corrected chi connectivity index (χ0v) is 14.8. The Morgan fingerprint density at radius 2 is 1.92 bits per heavy atom. The first kappa shape index (κ1) is 17.3. The average Bonchev–Trinajstić information content (AvgIpc) is 2.65. The number of aromatic nitrogens is 1. The van der Waals surface area contributed by atoms with Gasteiger partial charge in [-0.25, -0.2) is 4.98 Å². The van der Waals surface area contributed by atoms with Crippen molar-refractivity contribution in [1.82, 2.24) is 4.98 Å². The van der Waals surface area contributed by atoms with E-state index in [-0.39, 0.29) is 6.61 Å². The predicted octanol–water partition coefficient (Wildman–Crippen LogP) is 4.01. The van der Waals surface area contributed by atoms with Crippen LogP contribution in [-0.4, -0.2) is 24.3 Å². The maximum atomic E-state index is 9.28. The van der Waals surface area contributed by atoms with E-state index in [1.807, 2.05) is 42.5 Å². The van der Waals surface area contributed by atoms with Gasteiger partial charge in [-0.15, -0.1) is 0 Å². The first-order valence-electron chi connectivity index (χ1n) is 7.79. The molecule has 25 heavy (non-hydrogen) atoms. The minimum atomic E-state index is -0.0218. The predicted molar refractivity (Wildman–Crippen MR) is 99.5 cm³/mol. The maximum Gasteiger partial charge on any atom is 0.145 e. The smallest absolute Gasteiger partial charge is 0.145 e. The molecule has 0 saturated carbocycles. The highest BCUT2D eigenvalue weighted by Crippen LogP contribution is 2.28. The van der Waals surface area contributed by atoms with Crippen molar-refractivity contribution < 1.29 is 14.6 Å². The number of hydrogen-bond acceptors (Lipinski definition) is 5. The Labute approximate surface area is 151 Å². The fraction of sp³-hybridized carbons (Fsp3) is 0.211. The molecule has 5 nitrogen and oxygen atoms in total. The van der Waals surface area contributed by atoms with Crippen LogP contribution in [0.3, 0.4) is 0 Å². The lowest BCUT2D eigenvalue weighted by Crippen LogP contribution is -2.04. The lowest BCUT2D eigenvalue weighted by molar-refractivity contribution is 0.282. The van der Waals surface area contributed by atoms with Crippen LogP contribution in [0, 0.1) is 0 Å². The number of nitrogens with zero attached hydrogens (tertiary/aromatic N) is 1. The molecule has 0 radical (unpaired) electrons. The third-order valence-electron chi connectivity index (χ3n) is 3.96. The normalized spacial score (nSPS) is 10.7. The van der Waals surface area contributed by atoms with E-state index in [0.717, 1.165) is 33.5 Å². The Bertz CT molecular complexity index is 899. The van der Waals surface area contributed by atoms with Gasteiger partial charge in [0, 0.05) is 23.6 Å². The molecule has 0 unspecified atom stereocenters. The number of aliphatic hydroxyl groups excluding tert-OH is 1. The van der Waals surface area contributed by atoms with Crippen molar-refractivity contribution in [3.05, 3.63) is 58.6 Å². The van der Waals surface area contributed by atoms with E-state index in [0.29, 0.717) is 17.4 Å². The number of ether oxygens (including phenoxy) is 2. The molecule has 0 fully saturated rings. The Balaban J connectivity index is 1.86. The monoisotopic (exact) mass is 358 g/mol. The molecule has 0 aliphatic rings. The fourth-order valence-corrected chi connectivity index (χ4v) is 2.81. The first-order valence-corrected chi connectivity index (χ1v) is 8.17. The number of halogens is 1. The van der Waals surface area contributed by atoms with E-state index in [1.54, 1.807) is 14.2 Å². The molecule has 0 amide bonds. The van der Waals surface area contributed by atoms with Gasteiger partial charge in [-0.05, 0) is 29.8 Å². The average molecular weight is 359 g/mol. The van der Waals surface area contributed by atoms with Crippen LogP contribution in [0.5, 0.6) is 11.5 Å². The highest BCUT2D eigenvalue weighted by molar-refractivity contribution is 6.33. The van der Waals surface area contributed by atoms with Crippen LogP contribution < -0.4 is 14.8 Å². The van der Waals surface area contributed by atoms with Crippen LogP contribution in [0.15, 0.2) is 42.5 Å². The molecule has 2 N–H and O–H groups in total. The minimum Gasteiger partial charge on any atom is -0.497 e. The molecule has 0 aliphatic heterocycles. The second-order valence-electron chi connectivity index (χ2n) is 5.54. The van der Waals surface area contributed by atoms with Gasteiger partial charge in [0.2, 0.25) is 0 Å². The molecule has 2 aromatic carbocycles. The number of anilines is 1. The van der Waals surface area contributed by atoms with Crippen LogP contribution in [0.4, 0.5) is 5.82 Å². The van der Waals surface area contributed by atoms with Crippen LogP contribution >= 0.6 is 11.6 Å². The highest BCUT2D eigenvalue weighted by Gasteiger charge is 2.09. The van der Waals surface area contributed by atoms with E-state index >= 15 is 0 Å². The molecular weight excluding hydrogens is 340 g/mol. The zero-order chi connectivity index (χ0) is 17.8. The van der Waals surface area contributed by atoms with Crippen LogP contribution in [-0.2, 0) is 13.2 Å². The summed E-state index contributed by atoms with van der Waals surface area (Å²) in [6, 6.07) is 13.1. The van der Waals surface area contributed by atoms with Crippen molar-refractivity contribution in [2.24, 2.45) is 0 Å². The number of nitrogens with one attached hydrogen (secondary N) is 1. The van der Waals surface area contributed by atoms with E-state index in [9.17, 15) is 5.11 Å². The van der Waals surface area contributed by atoms with Gasteiger partial charge in [-0.1, -0.05) is 23.7 Å². The van der Waals surface area contributed by atoms with Gasteiger partial charge >= 0.3 is 0 Å². The molecule has 3 aromatic rings. The Hall–Kier alpha value is -2.50. The van der Waals surface area contributed by atoms with Gasteiger partial charge in [-0.2, -0.15) is 0 Å². The number of rotatable bonds is 6. The van der Waals surface area contributed by atoms with E-state index in [4.69, 9.17) is 21.1 Å². The quantitative estimate of drug-likeness (QED) is 0.697. The lowest BCUT2D eigenvalue weighted by Gasteiger charge is -2.13. The van der Waals surface area contributed by atoms with Crippen molar-refractivity contribution in [3.63, 3.8) is 0 Å². The van der Waals surface area contributed by atoms with Crippen molar-refractivity contribution in [3.8, 4) is 11.5 Å². The van der Waals surface area contributed by atoms with Crippen LogP contribution in [0.2, 0.25) is 5.02 Å². The lowest BCUT2D eigenvalue weighted by atomic mass is 10.1. The molecule has 1 heterocycles. The summed E-state index contributed by atoms with van der Waals surface area (Å²) in [7, 11) is 3.24. The summed E-state index contributed by atoms with van der Waals surface area (Å²) in [6.45, 7) is 0.483. The molecular formula is C19H19ClN2O3. The van der Waals surface area contributed by atoms with Crippen molar-refractivity contribution in [2.75, 3.05) is 19.5 Å².